The van der Waals surface area contributed by atoms with E-state index in [9.17, 15) is 14.5 Å². The molecule has 0 amide bonds. The van der Waals surface area contributed by atoms with Crippen LogP contribution in [0.5, 0.6) is 0 Å². The fourth-order valence-corrected chi connectivity index (χ4v) is 3.05. The van der Waals surface area contributed by atoms with Crippen LogP contribution in [-0.2, 0) is 0 Å². The molecule has 5 nitrogen and oxygen atoms in total. The number of nitrogens with one attached hydrogen (secondary N) is 1. The minimum Gasteiger partial charge on any atom is -0.314 e. The third-order valence-corrected chi connectivity index (χ3v) is 4.12. The first-order chi connectivity index (χ1) is 9.66. The second kappa shape index (κ2) is 5.46. The van der Waals surface area contributed by atoms with Gasteiger partial charge in [-0.05, 0) is 30.9 Å². The van der Waals surface area contributed by atoms with Gasteiger partial charge >= 0.3 is 0 Å². The summed E-state index contributed by atoms with van der Waals surface area (Å²) in [6.45, 7) is 3.47. The van der Waals surface area contributed by atoms with Gasteiger partial charge in [-0.25, -0.2) is 4.39 Å². The van der Waals surface area contributed by atoms with Gasteiger partial charge in [0.05, 0.1) is 10.5 Å². The van der Waals surface area contributed by atoms with Crippen LogP contribution in [0, 0.1) is 21.8 Å². The Labute approximate surface area is 116 Å². The number of nitro benzene ring substituents is 1. The van der Waals surface area contributed by atoms with Gasteiger partial charge in [-0.2, -0.15) is 0 Å². The van der Waals surface area contributed by atoms with Gasteiger partial charge in [0.15, 0.2) is 0 Å². The minimum atomic E-state index is -0.397. The van der Waals surface area contributed by atoms with E-state index in [2.05, 4.69) is 10.2 Å². The minimum absolute atomic E-state index is 0.0202. The number of halogens is 1. The summed E-state index contributed by atoms with van der Waals surface area (Å²) in [6, 6.07) is 3.79. The van der Waals surface area contributed by atoms with Crippen LogP contribution in [0.4, 0.5) is 10.1 Å². The van der Waals surface area contributed by atoms with Gasteiger partial charge in [0, 0.05) is 38.3 Å². The van der Waals surface area contributed by atoms with E-state index in [1.165, 1.54) is 18.2 Å². The van der Waals surface area contributed by atoms with E-state index in [0.29, 0.717) is 11.5 Å². The van der Waals surface area contributed by atoms with Crippen LogP contribution in [0.2, 0.25) is 0 Å². The summed E-state index contributed by atoms with van der Waals surface area (Å²) < 4.78 is 13.6. The van der Waals surface area contributed by atoms with Gasteiger partial charge in [-0.1, -0.05) is 0 Å². The predicted molar refractivity (Wildman–Crippen MR) is 73.0 cm³/mol. The second-order valence-electron chi connectivity index (χ2n) is 5.53. The van der Waals surface area contributed by atoms with Crippen molar-refractivity contribution in [3.63, 3.8) is 0 Å². The van der Waals surface area contributed by atoms with Crippen molar-refractivity contribution in [1.82, 2.24) is 10.2 Å². The smallest absolute Gasteiger partial charge is 0.274 e. The number of benzene rings is 1. The van der Waals surface area contributed by atoms with Crippen molar-refractivity contribution in [1.29, 1.82) is 0 Å². The molecule has 2 fully saturated rings. The third kappa shape index (κ3) is 2.66. The SMILES string of the molecule is O=[N+]([O-])c1ccc(F)cc1[C@H](C1CC1)N1CCNCC1. The van der Waals surface area contributed by atoms with Crippen LogP contribution in [0.3, 0.4) is 0 Å². The van der Waals surface area contributed by atoms with Gasteiger partial charge < -0.3 is 5.32 Å². The molecule has 1 atom stereocenters. The molecule has 20 heavy (non-hydrogen) atoms. The highest BCUT2D eigenvalue weighted by Crippen LogP contribution is 2.47. The summed E-state index contributed by atoms with van der Waals surface area (Å²) in [6.07, 6.45) is 2.14. The highest BCUT2D eigenvalue weighted by Gasteiger charge is 2.40. The predicted octanol–water partition coefficient (Wildman–Crippen LogP) is 2.09. The normalized spacial score (nSPS) is 21.6. The number of nitrogens with zero attached hydrogens (tertiary/aromatic N) is 2. The van der Waals surface area contributed by atoms with Crippen LogP contribution in [0.1, 0.15) is 24.4 Å². The average Bonchev–Trinajstić information content (AvgIpc) is 3.25. The lowest BCUT2D eigenvalue weighted by Gasteiger charge is -2.35. The summed E-state index contributed by atoms with van der Waals surface area (Å²) in [5, 5.41) is 14.5. The van der Waals surface area contributed by atoms with Gasteiger partial charge in [0.25, 0.3) is 5.69 Å². The van der Waals surface area contributed by atoms with Gasteiger partial charge in [0.2, 0.25) is 0 Å². The number of nitro groups is 1. The lowest BCUT2D eigenvalue weighted by atomic mass is 9.98. The van der Waals surface area contributed by atoms with Crippen LogP contribution in [0.15, 0.2) is 18.2 Å². The number of hydrogen-bond donors (Lipinski definition) is 1. The quantitative estimate of drug-likeness (QED) is 0.677. The zero-order valence-corrected chi connectivity index (χ0v) is 11.2. The van der Waals surface area contributed by atoms with E-state index in [0.717, 1.165) is 39.0 Å². The fourth-order valence-electron chi connectivity index (χ4n) is 3.05. The van der Waals surface area contributed by atoms with Crippen molar-refractivity contribution in [2.75, 3.05) is 26.2 Å². The van der Waals surface area contributed by atoms with Crippen LogP contribution in [-0.4, -0.2) is 36.0 Å². The summed E-state index contributed by atoms with van der Waals surface area (Å²) in [5.74, 6) is 0.0278. The fraction of sp³-hybridized carbons (Fsp3) is 0.571. The summed E-state index contributed by atoms with van der Waals surface area (Å²) >= 11 is 0. The molecule has 1 aromatic rings. The first-order valence-corrected chi connectivity index (χ1v) is 7.05. The molecular formula is C14H18FN3O2. The van der Waals surface area contributed by atoms with Crippen LogP contribution in [0.25, 0.3) is 0 Å². The lowest BCUT2D eigenvalue weighted by molar-refractivity contribution is -0.386. The Balaban J connectivity index is 1.98. The van der Waals surface area contributed by atoms with E-state index in [4.69, 9.17) is 0 Å². The van der Waals surface area contributed by atoms with Gasteiger partial charge in [-0.15, -0.1) is 0 Å². The van der Waals surface area contributed by atoms with E-state index < -0.39 is 10.7 Å². The third-order valence-electron chi connectivity index (χ3n) is 4.12. The molecule has 0 spiro atoms. The average molecular weight is 279 g/mol. The van der Waals surface area contributed by atoms with Crippen LogP contribution < -0.4 is 5.32 Å². The molecule has 0 aromatic heterocycles. The Kier molecular flexibility index (Phi) is 3.67. The maximum Gasteiger partial charge on any atom is 0.274 e. The topological polar surface area (TPSA) is 58.4 Å². The van der Waals surface area contributed by atoms with E-state index >= 15 is 0 Å². The molecule has 0 bridgehead atoms. The van der Waals surface area contributed by atoms with Crippen molar-refractivity contribution in [3.8, 4) is 0 Å². The standard InChI is InChI=1S/C14H18FN3O2/c15-11-3-4-13(18(19)20)12(9-11)14(10-1-2-10)17-7-5-16-6-8-17/h3-4,9-10,14,16H,1-2,5-8H2/t14-/m0/s1. The van der Waals surface area contributed by atoms with Crippen molar-refractivity contribution in [2.45, 2.75) is 18.9 Å². The summed E-state index contributed by atoms with van der Waals surface area (Å²) in [4.78, 5) is 13.1. The zero-order chi connectivity index (χ0) is 14.1. The van der Waals surface area contributed by atoms with Crippen molar-refractivity contribution in [2.24, 2.45) is 5.92 Å². The first-order valence-electron chi connectivity index (χ1n) is 7.05. The first kappa shape index (κ1) is 13.5. The molecule has 1 aromatic carbocycles. The highest BCUT2D eigenvalue weighted by atomic mass is 19.1. The van der Waals surface area contributed by atoms with Crippen molar-refractivity contribution in [3.05, 3.63) is 39.7 Å². The molecule has 1 aliphatic heterocycles. The monoisotopic (exact) mass is 279 g/mol. The molecule has 1 heterocycles. The molecule has 108 valence electrons. The molecule has 0 unspecified atom stereocenters. The molecule has 1 N–H and O–H groups in total. The number of hydrogen-bond acceptors (Lipinski definition) is 4. The van der Waals surface area contributed by atoms with E-state index in [1.54, 1.807) is 0 Å². The highest BCUT2D eigenvalue weighted by molar-refractivity contribution is 5.43. The zero-order valence-electron chi connectivity index (χ0n) is 11.2. The van der Waals surface area contributed by atoms with Gasteiger partial charge in [0.1, 0.15) is 5.82 Å². The Hall–Kier alpha value is -1.53. The largest absolute Gasteiger partial charge is 0.314 e. The maximum atomic E-state index is 13.6. The molecular weight excluding hydrogens is 261 g/mol. The van der Waals surface area contributed by atoms with Crippen molar-refractivity contribution < 1.29 is 9.31 Å². The molecule has 3 rings (SSSR count). The Morgan fingerprint density at radius 3 is 2.65 bits per heavy atom. The summed E-state index contributed by atoms with van der Waals surface area (Å²) in [7, 11) is 0. The van der Waals surface area contributed by atoms with E-state index in [-0.39, 0.29) is 11.7 Å². The second-order valence-corrected chi connectivity index (χ2v) is 5.53. The Morgan fingerprint density at radius 2 is 2.05 bits per heavy atom. The molecule has 1 saturated heterocycles. The van der Waals surface area contributed by atoms with Crippen LogP contribution >= 0.6 is 0 Å². The summed E-state index contributed by atoms with van der Waals surface area (Å²) in [5.41, 5.74) is 0.584. The molecule has 1 saturated carbocycles. The lowest BCUT2D eigenvalue weighted by Crippen LogP contribution is -2.45. The molecule has 1 aliphatic carbocycles. The van der Waals surface area contributed by atoms with Gasteiger partial charge in [-0.3, -0.25) is 15.0 Å². The number of rotatable bonds is 4. The molecule has 0 radical (unpaired) electrons. The molecule has 6 heteroatoms. The number of piperazine rings is 1. The Morgan fingerprint density at radius 1 is 1.35 bits per heavy atom. The Bertz CT molecular complexity index is 513. The van der Waals surface area contributed by atoms with E-state index in [1.807, 2.05) is 0 Å². The van der Waals surface area contributed by atoms with Crippen molar-refractivity contribution >= 4 is 5.69 Å². The molecule has 2 aliphatic rings. The maximum absolute atomic E-state index is 13.6.